The fourth-order valence-corrected chi connectivity index (χ4v) is 3.46. The van der Waals surface area contributed by atoms with Crippen molar-refractivity contribution in [3.05, 3.63) is 89.3 Å². The Bertz CT molecular complexity index is 1350. The van der Waals surface area contributed by atoms with Crippen LogP contribution in [0.4, 0.5) is 13.2 Å². The van der Waals surface area contributed by atoms with Gasteiger partial charge in [0.2, 0.25) is 0 Å². The average molecular weight is 540 g/mol. The summed E-state index contributed by atoms with van der Waals surface area (Å²) in [6.45, 7) is 9.42. The zero-order chi connectivity index (χ0) is 29.0. The topological polar surface area (TPSA) is 107 Å². The van der Waals surface area contributed by atoms with Crippen molar-refractivity contribution in [3.8, 4) is 6.07 Å². The van der Waals surface area contributed by atoms with Gasteiger partial charge in [0, 0.05) is 17.5 Å². The summed E-state index contributed by atoms with van der Waals surface area (Å²) in [6.07, 6.45) is -2.00. The lowest BCUT2D eigenvalue weighted by Crippen LogP contribution is -2.32. The van der Waals surface area contributed by atoms with Crippen LogP contribution in [-0.2, 0) is 17.5 Å². The molecule has 1 aromatic heterocycles. The van der Waals surface area contributed by atoms with E-state index in [-0.39, 0.29) is 35.4 Å². The second-order valence-electron chi connectivity index (χ2n) is 8.64. The number of nitriles is 1. The predicted octanol–water partition coefficient (Wildman–Crippen LogP) is 5.79. The lowest BCUT2D eigenvalue weighted by Gasteiger charge is -2.19. The van der Waals surface area contributed by atoms with Gasteiger partial charge >= 0.3 is 6.18 Å². The van der Waals surface area contributed by atoms with Crippen LogP contribution in [0.1, 0.15) is 66.8 Å². The minimum atomic E-state index is -4.64. The van der Waals surface area contributed by atoms with Gasteiger partial charge in [0.1, 0.15) is 12.2 Å². The number of carbonyl (C=O) groups excluding carboxylic acids is 2. The highest BCUT2D eigenvalue weighted by atomic mass is 19.4. The molecule has 0 bridgehead atoms. The first-order chi connectivity index (χ1) is 18.5. The molecule has 0 spiro atoms. The summed E-state index contributed by atoms with van der Waals surface area (Å²) < 4.78 is 40.2. The monoisotopic (exact) mass is 539 g/mol. The molecule has 0 aliphatic carbocycles. The SMILES string of the molecule is C=C(NCC#N)C(=O)NCc1ccccc1C(=O)NC(C)c1cc(C(F)(F)F)nc2ccccc12.CCCC. The smallest absolute Gasteiger partial charge is 0.368 e. The summed E-state index contributed by atoms with van der Waals surface area (Å²) >= 11 is 0. The van der Waals surface area contributed by atoms with E-state index in [0.717, 1.165) is 6.07 Å². The molecule has 206 valence electrons. The molecule has 0 saturated heterocycles. The maximum absolute atomic E-state index is 13.4. The summed E-state index contributed by atoms with van der Waals surface area (Å²) in [4.78, 5) is 28.9. The van der Waals surface area contributed by atoms with Gasteiger partial charge < -0.3 is 16.0 Å². The minimum Gasteiger partial charge on any atom is -0.368 e. The summed E-state index contributed by atoms with van der Waals surface area (Å²) in [7, 11) is 0. The van der Waals surface area contributed by atoms with Gasteiger partial charge in [-0.2, -0.15) is 18.4 Å². The van der Waals surface area contributed by atoms with Crippen molar-refractivity contribution >= 4 is 22.7 Å². The van der Waals surface area contributed by atoms with Crippen LogP contribution in [0, 0.1) is 11.3 Å². The highest BCUT2D eigenvalue weighted by molar-refractivity contribution is 5.97. The highest BCUT2D eigenvalue weighted by Gasteiger charge is 2.34. The zero-order valence-corrected chi connectivity index (χ0v) is 22.2. The van der Waals surface area contributed by atoms with E-state index in [4.69, 9.17) is 5.26 Å². The van der Waals surface area contributed by atoms with Crippen molar-refractivity contribution in [1.82, 2.24) is 20.9 Å². The quantitative estimate of drug-likeness (QED) is 0.236. The third-order valence-electron chi connectivity index (χ3n) is 5.71. The number of halogens is 3. The molecule has 3 rings (SSSR count). The molecule has 3 N–H and O–H groups in total. The highest BCUT2D eigenvalue weighted by Crippen LogP contribution is 2.33. The average Bonchev–Trinajstić information content (AvgIpc) is 2.93. The van der Waals surface area contributed by atoms with E-state index < -0.39 is 29.7 Å². The normalized spacial score (nSPS) is 11.4. The van der Waals surface area contributed by atoms with Gasteiger partial charge in [-0.3, -0.25) is 9.59 Å². The van der Waals surface area contributed by atoms with Crippen LogP contribution in [0.5, 0.6) is 0 Å². The minimum absolute atomic E-state index is 0.000467. The largest absolute Gasteiger partial charge is 0.433 e. The van der Waals surface area contributed by atoms with Gasteiger partial charge in [-0.1, -0.05) is 69.7 Å². The molecule has 0 aliphatic rings. The van der Waals surface area contributed by atoms with Crippen molar-refractivity contribution in [3.63, 3.8) is 0 Å². The van der Waals surface area contributed by atoms with Crippen molar-refractivity contribution in [2.24, 2.45) is 0 Å². The summed E-state index contributed by atoms with van der Waals surface area (Å²) in [5.74, 6) is -1.05. The van der Waals surface area contributed by atoms with E-state index in [1.54, 1.807) is 49.4 Å². The second kappa shape index (κ2) is 14.5. The summed E-state index contributed by atoms with van der Waals surface area (Å²) in [5.41, 5.74) is 0.167. The maximum Gasteiger partial charge on any atom is 0.433 e. The molecule has 2 aromatic carbocycles. The number of para-hydroxylation sites is 1. The number of amides is 2. The molecule has 0 aliphatic heterocycles. The molecular weight excluding hydrogens is 507 g/mol. The van der Waals surface area contributed by atoms with Crippen LogP contribution in [0.2, 0.25) is 0 Å². The number of benzene rings is 2. The second-order valence-corrected chi connectivity index (χ2v) is 8.64. The Hall–Kier alpha value is -4.39. The van der Waals surface area contributed by atoms with Crippen molar-refractivity contribution < 1.29 is 22.8 Å². The number of unbranched alkanes of at least 4 members (excludes halogenated alkanes) is 1. The van der Waals surface area contributed by atoms with E-state index >= 15 is 0 Å². The molecule has 7 nitrogen and oxygen atoms in total. The van der Waals surface area contributed by atoms with Crippen LogP contribution >= 0.6 is 0 Å². The fraction of sp³-hybridized carbons (Fsp3) is 0.310. The van der Waals surface area contributed by atoms with Crippen LogP contribution in [0.3, 0.4) is 0 Å². The standard InChI is InChI=1S/C25H22F3N5O2.C4H10/c1-15(20-13-22(25(26,27)28)33-21-10-6-5-9-19(20)21)32-24(35)18-8-4-3-7-17(18)14-31-23(34)16(2)30-12-11-29;1-3-4-2/h3-10,13,15,30H,2,12,14H2,1H3,(H,31,34)(H,32,35);3-4H2,1-2H3. The molecule has 39 heavy (non-hydrogen) atoms. The summed E-state index contributed by atoms with van der Waals surface area (Å²) in [5, 5.41) is 17.0. The molecule has 3 aromatic rings. The first-order valence-corrected chi connectivity index (χ1v) is 12.5. The van der Waals surface area contributed by atoms with Crippen molar-refractivity contribution in [2.75, 3.05) is 6.54 Å². The van der Waals surface area contributed by atoms with Gasteiger partial charge in [0.15, 0.2) is 0 Å². The van der Waals surface area contributed by atoms with Crippen LogP contribution in [0.15, 0.2) is 66.9 Å². The Morgan fingerprint density at radius 2 is 1.69 bits per heavy atom. The van der Waals surface area contributed by atoms with Crippen LogP contribution in [0.25, 0.3) is 10.9 Å². The summed E-state index contributed by atoms with van der Waals surface area (Å²) in [6, 6.07) is 15.0. The number of pyridine rings is 1. The van der Waals surface area contributed by atoms with Gasteiger partial charge in [0.25, 0.3) is 11.8 Å². The molecule has 10 heteroatoms. The van der Waals surface area contributed by atoms with E-state index in [1.807, 2.05) is 6.07 Å². The number of alkyl halides is 3. The van der Waals surface area contributed by atoms with E-state index in [9.17, 15) is 22.8 Å². The number of nitrogens with one attached hydrogen (secondary N) is 3. The molecular formula is C29H32F3N5O2. The van der Waals surface area contributed by atoms with Gasteiger partial charge in [-0.25, -0.2) is 4.98 Å². The molecule has 0 radical (unpaired) electrons. The molecule has 0 saturated carbocycles. The molecule has 1 atom stereocenters. The lowest BCUT2D eigenvalue weighted by molar-refractivity contribution is -0.141. The number of hydrogen-bond donors (Lipinski definition) is 3. The number of rotatable bonds is 9. The molecule has 1 heterocycles. The van der Waals surface area contributed by atoms with E-state index in [1.165, 1.54) is 18.9 Å². The van der Waals surface area contributed by atoms with Crippen LogP contribution < -0.4 is 16.0 Å². The Labute approximate surface area is 226 Å². The zero-order valence-electron chi connectivity index (χ0n) is 22.2. The number of fused-ring (bicyclic) bond motifs is 1. The molecule has 0 fully saturated rings. The number of aromatic nitrogens is 1. The Morgan fingerprint density at radius 1 is 1.05 bits per heavy atom. The number of nitrogens with zero attached hydrogens (tertiary/aromatic N) is 2. The van der Waals surface area contributed by atoms with E-state index in [0.29, 0.717) is 10.9 Å². The Kier molecular flexibility index (Phi) is 11.5. The predicted molar refractivity (Wildman–Crippen MR) is 144 cm³/mol. The van der Waals surface area contributed by atoms with Gasteiger partial charge in [-0.15, -0.1) is 0 Å². The van der Waals surface area contributed by atoms with Crippen molar-refractivity contribution in [2.45, 2.75) is 52.4 Å². The van der Waals surface area contributed by atoms with Gasteiger partial charge in [0.05, 0.1) is 23.3 Å². The van der Waals surface area contributed by atoms with E-state index in [2.05, 4.69) is 41.4 Å². The lowest BCUT2D eigenvalue weighted by atomic mass is 10.0. The maximum atomic E-state index is 13.4. The first-order valence-electron chi connectivity index (χ1n) is 12.5. The third-order valence-corrected chi connectivity index (χ3v) is 5.71. The Balaban J connectivity index is 0.00000124. The first kappa shape index (κ1) is 30.8. The van der Waals surface area contributed by atoms with Crippen LogP contribution in [-0.4, -0.2) is 23.3 Å². The molecule has 1 unspecified atom stereocenters. The number of hydrogen-bond acceptors (Lipinski definition) is 5. The number of carbonyl (C=O) groups is 2. The molecule has 2 amide bonds. The third kappa shape index (κ3) is 8.85. The Morgan fingerprint density at radius 3 is 2.33 bits per heavy atom. The van der Waals surface area contributed by atoms with Gasteiger partial charge in [-0.05, 0) is 36.2 Å². The van der Waals surface area contributed by atoms with Crippen molar-refractivity contribution in [1.29, 1.82) is 5.26 Å². The fourth-order valence-electron chi connectivity index (χ4n) is 3.46.